The SMILES string of the molecule is CC1CCC(C(C)C)C(Oc2ncnc(Cl)c2C(C)C)C1. The van der Waals surface area contributed by atoms with E-state index in [1.165, 1.54) is 19.2 Å². The number of nitrogens with zero attached hydrogens (tertiary/aromatic N) is 2. The van der Waals surface area contributed by atoms with Crippen molar-refractivity contribution in [1.82, 2.24) is 9.97 Å². The molecule has 0 spiro atoms. The molecule has 1 aliphatic rings. The van der Waals surface area contributed by atoms with E-state index in [0.717, 1.165) is 12.0 Å². The topological polar surface area (TPSA) is 35.0 Å². The van der Waals surface area contributed by atoms with Crippen LogP contribution in [0.2, 0.25) is 5.15 Å². The molecule has 0 saturated heterocycles. The highest BCUT2D eigenvalue weighted by molar-refractivity contribution is 6.30. The predicted octanol–water partition coefficient (Wildman–Crippen LogP) is 5.09. The van der Waals surface area contributed by atoms with Gasteiger partial charge in [0, 0.05) is 0 Å². The van der Waals surface area contributed by atoms with E-state index in [1.807, 2.05) is 0 Å². The maximum absolute atomic E-state index is 6.34. The molecule has 0 aliphatic heterocycles. The zero-order valence-corrected chi connectivity index (χ0v) is 14.5. The van der Waals surface area contributed by atoms with Crippen molar-refractivity contribution in [3.05, 3.63) is 17.0 Å². The summed E-state index contributed by atoms with van der Waals surface area (Å²) in [7, 11) is 0. The molecular formula is C17H27ClN2O. The Balaban J connectivity index is 2.25. The Morgan fingerprint density at radius 1 is 1.19 bits per heavy atom. The Morgan fingerprint density at radius 2 is 1.90 bits per heavy atom. The third kappa shape index (κ3) is 3.88. The summed E-state index contributed by atoms with van der Waals surface area (Å²) in [5.74, 6) is 2.86. The summed E-state index contributed by atoms with van der Waals surface area (Å²) in [6.07, 6.45) is 5.36. The standard InChI is InChI=1S/C17H27ClN2O/c1-10(2)13-7-6-12(5)8-14(13)21-17-15(11(3)4)16(18)19-9-20-17/h9-14H,6-8H2,1-5H3. The first-order valence-corrected chi connectivity index (χ1v) is 8.45. The molecule has 4 heteroatoms. The molecule has 2 rings (SSSR count). The van der Waals surface area contributed by atoms with Crippen LogP contribution < -0.4 is 4.74 Å². The van der Waals surface area contributed by atoms with Gasteiger partial charge in [-0.2, -0.15) is 0 Å². The average Bonchev–Trinajstić information content (AvgIpc) is 2.37. The van der Waals surface area contributed by atoms with Crippen molar-refractivity contribution < 1.29 is 4.74 Å². The van der Waals surface area contributed by atoms with Gasteiger partial charge in [0.15, 0.2) is 0 Å². The van der Waals surface area contributed by atoms with Gasteiger partial charge in [-0.15, -0.1) is 0 Å². The lowest BCUT2D eigenvalue weighted by atomic mass is 9.75. The van der Waals surface area contributed by atoms with E-state index < -0.39 is 0 Å². The second-order valence-corrected chi connectivity index (χ2v) is 7.38. The van der Waals surface area contributed by atoms with E-state index >= 15 is 0 Å². The summed E-state index contributed by atoms with van der Waals surface area (Å²) in [6.45, 7) is 11.1. The van der Waals surface area contributed by atoms with Crippen LogP contribution in [-0.2, 0) is 0 Å². The van der Waals surface area contributed by atoms with Crippen LogP contribution >= 0.6 is 11.6 Å². The summed E-state index contributed by atoms with van der Waals surface area (Å²) in [6, 6.07) is 0. The number of aromatic nitrogens is 2. The second kappa shape index (κ2) is 6.95. The molecule has 3 atom stereocenters. The first kappa shape index (κ1) is 16.5. The Morgan fingerprint density at radius 3 is 2.52 bits per heavy atom. The van der Waals surface area contributed by atoms with E-state index in [2.05, 4.69) is 44.6 Å². The lowest BCUT2D eigenvalue weighted by Crippen LogP contribution is -2.36. The largest absolute Gasteiger partial charge is 0.474 e. The van der Waals surface area contributed by atoms with Gasteiger partial charge in [-0.1, -0.05) is 52.6 Å². The molecular weight excluding hydrogens is 284 g/mol. The van der Waals surface area contributed by atoms with Crippen molar-refractivity contribution in [3.63, 3.8) is 0 Å². The Labute approximate surface area is 133 Å². The minimum atomic E-state index is 0.234. The summed E-state index contributed by atoms with van der Waals surface area (Å²) in [5, 5.41) is 0.514. The molecule has 1 aromatic rings. The highest BCUT2D eigenvalue weighted by atomic mass is 35.5. The van der Waals surface area contributed by atoms with Gasteiger partial charge in [0.25, 0.3) is 0 Å². The number of rotatable bonds is 4. The van der Waals surface area contributed by atoms with Crippen LogP contribution in [0.25, 0.3) is 0 Å². The molecule has 3 unspecified atom stereocenters. The van der Waals surface area contributed by atoms with Gasteiger partial charge in [-0.05, 0) is 36.5 Å². The lowest BCUT2D eigenvalue weighted by Gasteiger charge is -2.37. The first-order valence-electron chi connectivity index (χ1n) is 8.07. The maximum Gasteiger partial charge on any atom is 0.221 e. The molecule has 0 radical (unpaired) electrons. The summed E-state index contributed by atoms with van der Waals surface area (Å²) < 4.78 is 6.34. The minimum absolute atomic E-state index is 0.234. The molecule has 0 amide bonds. The van der Waals surface area contributed by atoms with E-state index in [9.17, 15) is 0 Å². The van der Waals surface area contributed by atoms with Gasteiger partial charge in [0.05, 0.1) is 5.56 Å². The fourth-order valence-electron chi connectivity index (χ4n) is 3.33. The summed E-state index contributed by atoms with van der Waals surface area (Å²) in [5.41, 5.74) is 0.930. The predicted molar refractivity (Wildman–Crippen MR) is 86.9 cm³/mol. The fraction of sp³-hybridized carbons (Fsp3) is 0.765. The second-order valence-electron chi connectivity index (χ2n) is 7.02. The smallest absolute Gasteiger partial charge is 0.221 e. The number of hydrogen-bond donors (Lipinski definition) is 0. The van der Waals surface area contributed by atoms with Crippen molar-refractivity contribution in [2.75, 3.05) is 0 Å². The zero-order chi connectivity index (χ0) is 15.6. The van der Waals surface area contributed by atoms with Gasteiger partial charge in [-0.3, -0.25) is 0 Å². The van der Waals surface area contributed by atoms with E-state index in [1.54, 1.807) is 0 Å². The van der Waals surface area contributed by atoms with Crippen LogP contribution in [-0.4, -0.2) is 16.1 Å². The molecule has 1 aliphatic carbocycles. The minimum Gasteiger partial charge on any atom is -0.474 e. The Hall–Kier alpha value is -0.830. The normalized spacial score (nSPS) is 26.4. The molecule has 0 aromatic carbocycles. The van der Waals surface area contributed by atoms with Crippen LogP contribution in [0.3, 0.4) is 0 Å². The summed E-state index contributed by atoms with van der Waals surface area (Å²) in [4.78, 5) is 8.45. The Bertz CT molecular complexity index is 476. The molecule has 1 saturated carbocycles. The van der Waals surface area contributed by atoms with Gasteiger partial charge >= 0.3 is 0 Å². The van der Waals surface area contributed by atoms with Crippen LogP contribution in [0.1, 0.15) is 65.4 Å². The van der Waals surface area contributed by atoms with E-state index in [4.69, 9.17) is 16.3 Å². The molecule has 1 fully saturated rings. The number of ether oxygens (including phenoxy) is 1. The van der Waals surface area contributed by atoms with E-state index in [-0.39, 0.29) is 12.0 Å². The average molecular weight is 311 g/mol. The van der Waals surface area contributed by atoms with Crippen molar-refractivity contribution in [3.8, 4) is 5.88 Å². The summed E-state index contributed by atoms with van der Waals surface area (Å²) >= 11 is 6.24. The molecule has 1 aromatic heterocycles. The van der Waals surface area contributed by atoms with E-state index in [0.29, 0.717) is 28.8 Å². The molecule has 21 heavy (non-hydrogen) atoms. The van der Waals surface area contributed by atoms with Crippen molar-refractivity contribution in [2.24, 2.45) is 17.8 Å². The van der Waals surface area contributed by atoms with Crippen molar-refractivity contribution in [2.45, 2.75) is 65.9 Å². The lowest BCUT2D eigenvalue weighted by molar-refractivity contribution is 0.0416. The van der Waals surface area contributed by atoms with Crippen molar-refractivity contribution in [1.29, 1.82) is 0 Å². The van der Waals surface area contributed by atoms with Crippen LogP contribution in [0.5, 0.6) is 5.88 Å². The quantitative estimate of drug-likeness (QED) is 0.726. The van der Waals surface area contributed by atoms with Crippen LogP contribution in [0.4, 0.5) is 0 Å². The van der Waals surface area contributed by atoms with Crippen LogP contribution in [0.15, 0.2) is 6.33 Å². The highest BCUT2D eigenvalue weighted by Gasteiger charge is 2.33. The third-order valence-electron chi connectivity index (χ3n) is 4.60. The first-order chi connectivity index (χ1) is 9.90. The Kier molecular flexibility index (Phi) is 5.48. The highest BCUT2D eigenvalue weighted by Crippen LogP contribution is 2.38. The molecule has 1 heterocycles. The maximum atomic E-state index is 6.34. The molecule has 118 valence electrons. The van der Waals surface area contributed by atoms with Crippen LogP contribution in [0, 0.1) is 17.8 Å². The zero-order valence-electron chi connectivity index (χ0n) is 13.8. The monoisotopic (exact) mass is 310 g/mol. The molecule has 0 bridgehead atoms. The van der Waals surface area contributed by atoms with Gasteiger partial charge in [0.1, 0.15) is 17.6 Å². The molecule has 3 nitrogen and oxygen atoms in total. The number of hydrogen-bond acceptors (Lipinski definition) is 3. The van der Waals surface area contributed by atoms with Gasteiger partial charge in [0.2, 0.25) is 5.88 Å². The van der Waals surface area contributed by atoms with Gasteiger partial charge < -0.3 is 4.74 Å². The molecule has 0 N–H and O–H groups in total. The third-order valence-corrected chi connectivity index (χ3v) is 4.90. The number of halogens is 1. The fourth-order valence-corrected chi connectivity index (χ4v) is 3.67. The van der Waals surface area contributed by atoms with Gasteiger partial charge in [-0.25, -0.2) is 9.97 Å². The van der Waals surface area contributed by atoms with Crippen molar-refractivity contribution >= 4 is 11.6 Å².